The van der Waals surface area contributed by atoms with E-state index in [2.05, 4.69) is 9.97 Å². The molecular weight excluding hydrogens is 331 g/mol. The van der Waals surface area contributed by atoms with Crippen molar-refractivity contribution in [3.8, 4) is 0 Å². The van der Waals surface area contributed by atoms with Gasteiger partial charge in [-0.05, 0) is 42.0 Å². The second kappa shape index (κ2) is 6.46. The minimum Gasteiger partial charge on any atom is -0.311 e. The van der Waals surface area contributed by atoms with Crippen LogP contribution in [0, 0.1) is 12.8 Å². The molecule has 0 aliphatic carbocycles. The van der Waals surface area contributed by atoms with Crippen molar-refractivity contribution in [1.82, 2.24) is 9.97 Å². The van der Waals surface area contributed by atoms with Crippen LogP contribution >= 0.6 is 0 Å². The summed E-state index contributed by atoms with van der Waals surface area (Å²) < 4.78 is 40.2. The van der Waals surface area contributed by atoms with Crippen molar-refractivity contribution in [3.63, 3.8) is 0 Å². The lowest BCUT2D eigenvalue weighted by Crippen LogP contribution is -2.41. The fourth-order valence-corrected chi connectivity index (χ4v) is 3.34. The predicted octanol–water partition coefficient (Wildman–Crippen LogP) is 3.57. The van der Waals surface area contributed by atoms with Gasteiger partial charge in [-0.3, -0.25) is 4.79 Å². The molecule has 1 aromatic carbocycles. The molecule has 132 valence electrons. The van der Waals surface area contributed by atoms with Crippen LogP contribution in [0.3, 0.4) is 0 Å². The van der Waals surface area contributed by atoms with E-state index in [1.165, 1.54) is 29.7 Å². The molecule has 2 aromatic rings. The van der Waals surface area contributed by atoms with Crippen LogP contribution in [0.1, 0.15) is 29.2 Å². The van der Waals surface area contributed by atoms with Gasteiger partial charge < -0.3 is 4.90 Å². The number of aryl methyl sites for hydroxylation is 1. The highest BCUT2D eigenvalue weighted by molar-refractivity contribution is 5.97. The molecule has 1 unspecified atom stereocenters. The summed E-state index contributed by atoms with van der Waals surface area (Å²) in [7, 11) is 0. The van der Waals surface area contributed by atoms with Crippen molar-refractivity contribution in [2.24, 2.45) is 5.92 Å². The summed E-state index contributed by atoms with van der Waals surface area (Å²) in [6.07, 6.45) is 0.381. The highest BCUT2D eigenvalue weighted by Crippen LogP contribution is 2.41. The lowest BCUT2D eigenvalue weighted by Gasteiger charge is -2.36. The number of alkyl halides is 3. The lowest BCUT2D eigenvalue weighted by atomic mass is 9.87. The Morgan fingerprint density at radius 1 is 1.28 bits per heavy atom. The molecule has 0 saturated heterocycles. The zero-order valence-corrected chi connectivity index (χ0v) is 14.0. The number of nitrogens with zero attached hydrogens (tertiary/aromatic N) is 3. The van der Waals surface area contributed by atoms with Gasteiger partial charge in [-0.15, -0.1) is 0 Å². The van der Waals surface area contributed by atoms with Crippen LogP contribution in [0.4, 0.5) is 18.9 Å². The average Bonchev–Trinajstić information content (AvgIpc) is 2.54. The number of hydrogen-bond donors (Lipinski definition) is 0. The number of hydrogen-bond acceptors (Lipinski definition) is 3. The van der Waals surface area contributed by atoms with Crippen LogP contribution in [-0.4, -0.2) is 22.4 Å². The summed E-state index contributed by atoms with van der Waals surface area (Å²) in [5, 5.41) is 0. The predicted molar refractivity (Wildman–Crippen MR) is 87.1 cm³/mol. The van der Waals surface area contributed by atoms with Gasteiger partial charge in [-0.25, -0.2) is 9.97 Å². The van der Waals surface area contributed by atoms with Gasteiger partial charge in [0, 0.05) is 18.9 Å². The first-order chi connectivity index (χ1) is 11.8. The second-order valence-electron chi connectivity index (χ2n) is 6.49. The maximum Gasteiger partial charge on any atom is 0.416 e. The summed E-state index contributed by atoms with van der Waals surface area (Å²) in [5.41, 5.74) is 1.27. The molecule has 3 rings (SSSR count). The molecule has 1 aliphatic rings. The van der Waals surface area contributed by atoms with E-state index in [-0.39, 0.29) is 23.8 Å². The van der Waals surface area contributed by atoms with Crippen molar-refractivity contribution in [2.45, 2.75) is 32.9 Å². The van der Waals surface area contributed by atoms with Crippen LogP contribution in [0.2, 0.25) is 0 Å². The van der Waals surface area contributed by atoms with Crippen LogP contribution in [0.15, 0.2) is 30.9 Å². The Labute approximate surface area is 143 Å². The fourth-order valence-electron chi connectivity index (χ4n) is 3.34. The number of benzene rings is 1. The van der Waals surface area contributed by atoms with Crippen molar-refractivity contribution in [2.75, 3.05) is 11.4 Å². The number of halogens is 3. The Balaban J connectivity index is 2.02. The molecule has 1 aliphatic heterocycles. The molecule has 7 heteroatoms. The average molecular weight is 349 g/mol. The summed E-state index contributed by atoms with van der Waals surface area (Å²) in [4.78, 5) is 22.0. The highest BCUT2D eigenvalue weighted by Gasteiger charge is 2.38. The molecule has 4 nitrogen and oxygen atoms in total. The molecule has 0 N–H and O–H groups in total. The maximum absolute atomic E-state index is 13.4. The number of amides is 1. The van der Waals surface area contributed by atoms with E-state index >= 15 is 0 Å². The van der Waals surface area contributed by atoms with Gasteiger partial charge in [0.05, 0.1) is 17.7 Å². The summed E-state index contributed by atoms with van der Waals surface area (Å²) >= 11 is 0. The highest BCUT2D eigenvalue weighted by atomic mass is 19.4. The zero-order valence-electron chi connectivity index (χ0n) is 14.0. The molecular formula is C18H18F3N3O. The monoisotopic (exact) mass is 349 g/mol. The molecule has 0 saturated carbocycles. The van der Waals surface area contributed by atoms with E-state index in [1.54, 1.807) is 6.92 Å². The minimum absolute atomic E-state index is 0.0497. The molecule has 1 atom stereocenters. The topological polar surface area (TPSA) is 46.1 Å². The SMILES string of the molecule is Cc1ccc(C(F)(F)F)c2c1N(C(=O)Cc1cncnc1)CC(C)C2. The normalized spacial score (nSPS) is 17.3. The van der Waals surface area contributed by atoms with Crippen molar-refractivity contribution >= 4 is 11.6 Å². The molecule has 0 fully saturated rings. The number of aromatic nitrogens is 2. The second-order valence-corrected chi connectivity index (χ2v) is 6.49. The van der Waals surface area contributed by atoms with Gasteiger partial charge in [0.15, 0.2) is 0 Å². The third kappa shape index (κ3) is 3.50. The van der Waals surface area contributed by atoms with Crippen LogP contribution in [-0.2, 0) is 23.8 Å². The lowest BCUT2D eigenvalue weighted by molar-refractivity contribution is -0.138. The Bertz CT molecular complexity index is 790. The van der Waals surface area contributed by atoms with Gasteiger partial charge in [-0.2, -0.15) is 13.2 Å². The van der Waals surface area contributed by atoms with E-state index in [0.29, 0.717) is 29.8 Å². The van der Waals surface area contributed by atoms with Gasteiger partial charge in [0.25, 0.3) is 0 Å². The molecule has 0 radical (unpaired) electrons. The first-order valence-electron chi connectivity index (χ1n) is 8.01. The number of carbonyl (C=O) groups is 1. The molecule has 0 bridgehead atoms. The molecule has 1 amide bonds. The number of fused-ring (bicyclic) bond motifs is 1. The molecule has 25 heavy (non-hydrogen) atoms. The number of carbonyl (C=O) groups excluding carboxylic acids is 1. The first kappa shape index (κ1) is 17.4. The summed E-state index contributed by atoms with van der Waals surface area (Å²) in [6.45, 7) is 4.00. The third-order valence-corrected chi connectivity index (χ3v) is 4.38. The van der Waals surface area contributed by atoms with Crippen LogP contribution in [0.25, 0.3) is 0 Å². The Hall–Kier alpha value is -2.44. The van der Waals surface area contributed by atoms with Crippen molar-refractivity contribution in [1.29, 1.82) is 0 Å². The quantitative estimate of drug-likeness (QED) is 0.833. The molecule has 1 aromatic heterocycles. The number of anilines is 1. The van der Waals surface area contributed by atoms with Crippen molar-refractivity contribution in [3.05, 3.63) is 53.1 Å². The van der Waals surface area contributed by atoms with E-state index in [9.17, 15) is 18.0 Å². The van der Waals surface area contributed by atoms with Gasteiger partial charge >= 0.3 is 6.18 Å². The number of rotatable bonds is 2. The van der Waals surface area contributed by atoms with Crippen LogP contribution in [0.5, 0.6) is 0 Å². The maximum atomic E-state index is 13.4. The van der Waals surface area contributed by atoms with E-state index in [1.807, 2.05) is 6.92 Å². The van der Waals surface area contributed by atoms with Crippen LogP contribution < -0.4 is 4.90 Å². The minimum atomic E-state index is -4.43. The van der Waals surface area contributed by atoms with E-state index < -0.39 is 11.7 Å². The molecule has 0 spiro atoms. The standard InChI is InChI=1S/C18H18F3N3O/c1-11-5-14-15(18(19,20)21)4-3-12(2)17(14)24(9-11)16(25)6-13-7-22-10-23-8-13/h3-4,7-8,10-11H,5-6,9H2,1-2H3. The molecule has 2 heterocycles. The smallest absolute Gasteiger partial charge is 0.311 e. The Kier molecular flexibility index (Phi) is 4.49. The van der Waals surface area contributed by atoms with E-state index in [0.717, 1.165) is 6.07 Å². The van der Waals surface area contributed by atoms with E-state index in [4.69, 9.17) is 0 Å². The summed E-state index contributed by atoms with van der Waals surface area (Å²) in [6, 6.07) is 2.55. The first-order valence-corrected chi connectivity index (χ1v) is 8.01. The largest absolute Gasteiger partial charge is 0.416 e. The van der Waals surface area contributed by atoms with Gasteiger partial charge in [0.1, 0.15) is 6.33 Å². The Morgan fingerprint density at radius 2 is 1.96 bits per heavy atom. The van der Waals surface area contributed by atoms with Gasteiger partial charge in [0.2, 0.25) is 5.91 Å². The Morgan fingerprint density at radius 3 is 2.60 bits per heavy atom. The zero-order chi connectivity index (χ0) is 18.2. The van der Waals surface area contributed by atoms with Crippen molar-refractivity contribution < 1.29 is 18.0 Å². The third-order valence-electron chi connectivity index (χ3n) is 4.38. The summed E-state index contributed by atoms with van der Waals surface area (Å²) in [5.74, 6) is -0.295. The fraction of sp³-hybridized carbons (Fsp3) is 0.389. The van der Waals surface area contributed by atoms with Gasteiger partial charge in [-0.1, -0.05) is 13.0 Å².